The van der Waals surface area contributed by atoms with Crippen LogP contribution < -0.4 is 10.6 Å². The van der Waals surface area contributed by atoms with Crippen LogP contribution in [-0.2, 0) is 6.54 Å². The maximum atomic E-state index is 4.60. The first kappa shape index (κ1) is 23.7. The zero-order chi connectivity index (χ0) is 22.7. The van der Waals surface area contributed by atoms with E-state index in [0.29, 0.717) is 5.95 Å². The van der Waals surface area contributed by atoms with Crippen molar-refractivity contribution in [3.8, 4) is 11.1 Å². The van der Waals surface area contributed by atoms with Gasteiger partial charge in [-0.2, -0.15) is 4.98 Å². The smallest absolute Gasteiger partial charge is 0.224 e. The monoisotopic (exact) mass is 448 g/mol. The fourth-order valence-corrected chi connectivity index (χ4v) is 4.59. The summed E-state index contributed by atoms with van der Waals surface area (Å²) in [5.74, 6) is 0.690. The molecule has 2 fully saturated rings. The fraction of sp³-hybridized carbons (Fsp3) is 0.556. The van der Waals surface area contributed by atoms with E-state index in [-0.39, 0.29) is 0 Å². The quantitative estimate of drug-likeness (QED) is 0.412. The van der Waals surface area contributed by atoms with E-state index >= 15 is 0 Å². The largest absolute Gasteiger partial charge is 0.354 e. The van der Waals surface area contributed by atoms with E-state index in [1.807, 2.05) is 12.4 Å². The van der Waals surface area contributed by atoms with E-state index in [4.69, 9.17) is 0 Å². The average molecular weight is 449 g/mol. The topological polar surface area (TPSA) is 68.9 Å². The molecular formula is C27H40N6. The summed E-state index contributed by atoms with van der Waals surface area (Å²) in [5, 5.41) is 7.74. The van der Waals surface area contributed by atoms with Crippen molar-refractivity contribution < 1.29 is 0 Å². The number of fused-ring (bicyclic) bond motifs is 1. The first-order valence-corrected chi connectivity index (χ1v) is 12.9. The molecule has 0 radical (unpaired) electrons. The Morgan fingerprint density at radius 2 is 1.67 bits per heavy atom. The molecule has 0 unspecified atom stereocenters. The third-order valence-electron chi connectivity index (χ3n) is 6.63. The number of rotatable bonds is 7. The van der Waals surface area contributed by atoms with Crippen molar-refractivity contribution in [1.29, 1.82) is 0 Å². The summed E-state index contributed by atoms with van der Waals surface area (Å²) in [6, 6.07) is 8.87. The molecule has 3 N–H and O–H groups in total. The molecule has 33 heavy (non-hydrogen) atoms. The number of unbranched alkanes of at least 4 members (excludes halogenated alkanes) is 1. The number of H-pyrrole nitrogens is 1. The standard InChI is InChI=1S/C21H28N6.C6H12/c1-2-3-8-23-21-25-14-19-18(13-24-20(19)26-21)17-6-4-16(5-7-17)15-27-11-9-22-10-12-27;1-2-4-6-5-3-1/h4-7,13-14,22H,2-3,8-12,15H2,1H3,(H2,23,24,25,26);1-6H2. The molecule has 2 aliphatic rings. The van der Waals surface area contributed by atoms with Gasteiger partial charge in [-0.15, -0.1) is 0 Å². The number of piperazine rings is 1. The molecule has 0 spiro atoms. The minimum atomic E-state index is 0.690. The molecule has 178 valence electrons. The normalized spacial score (nSPS) is 16.9. The third kappa shape index (κ3) is 7.02. The van der Waals surface area contributed by atoms with E-state index in [2.05, 4.69) is 61.7 Å². The zero-order valence-electron chi connectivity index (χ0n) is 20.2. The lowest BCUT2D eigenvalue weighted by Gasteiger charge is -2.27. The SMILES string of the molecule is C1CCCCC1.CCCCNc1ncc2c(-c3ccc(CN4CCNCC4)cc3)c[nH]c2n1. The van der Waals surface area contributed by atoms with E-state index in [9.17, 15) is 0 Å². The van der Waals surface area contributed by atoms with Crippen LogP contribution in [0.4, 0.5) is 5.95 Å². The Labute approximate surface area is 198 Å². The minimum Gasteiger partial charge on any atom is -0.354 e. The van der Waals surface area contributed by atoms with Gasteiger partial charge in [0.1, 0.15) is 5.65 Å². The second-order valence-corrected chi connectivity index (χ2v) is 9.28. The van der Waals surface area contributed by atoms with E-state index < -0.39 is 0 Å². The molecule has 5 rings (SSSR count). The summed E-state index contributed by atoms with van der Waals surface area (Å²) < 4.78 is 0. The first-order valence-electron chi connectivity index (χ1n) is 12.9. The van der Waals surface area contributed by atoms with Gasteiger partial charge in [0.05, 0.1) is 0 Å². The summed E-state index contributed by atoms with van der Waals surface area (Å²) in [7, 11) is 0. The molecule has 3 heterocycles. The van der Waals surface area contributed by atoms with E-state index in [1.165, 1.54) is 49.7 Å². The van der Waals surface area contributed by atoms with Crippen molar-refractivity contribution in [3.05, 3.63) is 42.2 Å². The van der Waals surface area contributed by atoms with Gasteiger partial charge in [0.25, 0.3) is 0 Å². The van der Waals surface area contributed by atoms with Crippen LogP contribution in [0.25, 0.3) is 22.2 Å². The number of benzene rings is 1. The summed E-state index contributed by atoms with van der Waals surface area (Å²) >= 11 is 0. The number of hydrogen-bond donors (Lipinski definition) is 3. The van der Waals surface area contributed by atoms with Crippen molar-refractivity contribution in [2.45, 2.75) is 64.8 Å². The van der Waals surface area contributed by atoms with Crippen LogP contribution in [0.3, 0.4) is 0 Å². The Hall–Kier alpha value is -2.44. The van der Waals surface area contributed by atoms with Gasteiger partial charge < -0.3 is 15.6 Å². The molecule has 6 heteroatoms. The summed E-state index contributed by atoms with van der Waals surface area (Å²) in [6.07, 6.45) is 15.2. The molecule has 0 bridgehead atoms. The molecular weight excluding hydrogens is 408 g/mol. The van der Waals surface area contributed by atoms with Crippen LogP contribution in [0.1, 0.15) is 63.9 Å². The van der Waals surface area contributed by atoms with E-state index in [0.717, 1.165) is 68.7 Å². The molecule has 3 aromatic rings. The van der Waals surface area contributed by atoms with E-state index in [1.54, 1.807) is 0 Å². The van der Waals surface area contributed by atoms with Gasteiger partial charge in [-0.25, -0.2) is 4.98 Å². The highest BCUT2D eigenvalue weighted by atomic mass is 15.2. The number of nitrogens with zero attached hydrogens (tertiary/aromatic N) is 3. The number of nitrogens with one attached hydrogen (secondary N) is 3. The van der Waals surface area contributed by atoms with Gasteiger partial charge in [0.15, 0.2) is 0 Å². The lowest BCUT2D eigenvalue weighted by Crippen LogP contribution is -2.42. The molecule has 1 aromatic carbocycles. The number of anilines is 1. The second-order valence-electron chi connectivity index (χ2n) is 9.28. The van der Waals surface area contributed by atoms with Crippen molar-refractivity contribution >= 4 is 17.0 Å². The van der Waals surface area contributed by atoms with Gasteiger partial charge in [0.2, 0.25) is 5.95 Å². The number of hydrogen-bond acceptors (Lipinski definition) is 5. The Bertz CT molecular complexity index is 943. The molecule has 1 saturated heterocycles. The van der Waals surface area contributed by atoms with Crippen LogP contribution in [0.5, 0.6) is 0 Å². The minimum absolute atomic E-state index is 0.690. The lowest BCUT2D eigenvalue weighted by molar-refractivity contribution is 0.233. The average Bonchev–Trinajstić information content (AvgIpc) is 3.30. The molecule has 6 nitrogen and oxygen atoms in total. The Morgan fingerprint density at radius 3 is 2.33 bits per heavy atom. The molecule has 0 amide bonds. The van der Waals surface area contributed by atoms with Gasteiger partial charge in [-0.05, 0) is 17.5 Å². The van der Waals surface area contributed by atoms with Crippen molar-refractivity contribution in [2.75, 3.05) is 38.0 Å². The number of aromatic nitrogens is 3. The summed E-state index contributed by atoms with van der Waals surface area (Å²) in [6.45, 7) is 8.52. The Balaban J connectivity index is 0.000000376. The van der Waals surface area contributed by atoms with Crippen LogP contribution in [0.15, 0.2) is 36.7 Å². The summed E-state index contributed by atoms with van der Waals surface area (Å²) in [4.78, 5) is 14.9. The Kier molecular flexibility index (Phi) is 9.13. The van der Waals surface area contributed by atoms with Crippen LogP contribution in [-0.4, -0.2) is 52.6 Å². The number of aromatic amines is 1. The van der Waals surface area contributed by atoms with Crippen LogP contribution in [0.2, 0.25) is 0 Å². The van der Waals surface area contributed by atoms with Crippen molar-refractivity contribution in [3.63, 3.8) is 0 Å². The highest BCUT2D eigenvalue weighted by Crippen LogP contribution is 2.28. The van der Waals surface area contributed by atoms with Crippen LogP contribution in [0, 0.1) is 0 Å². The maximum Gasteiger partial charge on any atom is 0.224 e. The van der Waals surface area contributed by atoms with Crippen LogP contribution >= 0.6 is 0 Å². The summed E-state index contributed by atoms with van der Waals surface area (Å²) in [5.41, 5.74) is 4.59. The Morgan fingerprint density at radius 1 is 0.970 bits per heavy atom. The predicted octanol–water partition coefficient (Wildman–Crippen LogP) is 5.58. The molecule has 2 aromatic heterocycles. The molecule has 1 saturated carbocycles. The fourth-order valence-electron chi connectivity index (χ4n) is 4.59. The van der Waals surface area contributed by atoms with Gasteiger partial charge in [-0.3, -0.25) is 4.90 Å². The predicted molar refractivity (Wildman–Crippen MR) is 139 cm³/mol. The zero-order valence-corrected chi connectivity index (χ0v) is 20.2. The maximum absolute atomic E-state index is 4.60. The van der Waals surface area contributed by atoms with Gasteiger partial charge in [-0.1, -0.05) is 76.1 Å². The third-order valence-corrected chi connectivity index (χ3v) is 6.63. The van der Waals surface area contributed by atoms with Gasteiger partial charge in [0, 0.05) is 62.6 Å². The molecule has 0 atom stereocenters. The van der Waals surface area contributed by atoms with Gasteiger partial charge >= 0.3 is 0 Å². The lowest BCUT2D eigenvalue weighted by atomic mass is 10.0. The van der Waals surface area contributed by atoms with Crippen molar-refractivity contribution in [2.24, 2.45) is 0 Å². The highest BCUT2D eigenvalue weighted by Gasteiger charge is 2.11. The molecule has 1 aliphatic heterocycles. The first-order chi connectivity index (χ1) is 16.3. The molecule has 1 aliphatic carbocycles. The highest BCUT2D eigenvalue weighted by molar-refractivity contribution is 5.93. The van der Waals surface area contributed by atoms with Crippen molar-refractivity contribution in [1.82, 2.24) is 25.2 Å². The second kappa shape index (κ2) is 12.7.